The molecule has 0 aliphatic heterocycles. The molecule has 4 heteroatoms. The fraction of sp³-hybridized carbons (Fsp3) is 0.167. The second-order valence-corrected chi connectivity index (χ2v) is 3.49. The first-order valence-corrected chi connectivity index (χ1v) is 4.88. The van der Waals surface area contributed by atoms with Gasteiger partial charge in [-0.3, -0.25) is 4.57 Å². The molecule has 0 fully saturated rings. The number of nitrogens with zero attached hydrogens (tertiary/aromatic N) is 2. The summed E-state index contributed by atoms with van der Waals surface area (Å²) in [6.07, 6.45) is 2.97. The van der Waals surface area contributed by atoms with Crippen molar-refractivity contribution in [1.82, 2.24) is 4.57 Å². The lowest BCUT2D eigenvalue weighted by atomic mass is 10.1. The number of hydrogen-bond donors (Lipinski definition) is 0. The first-order chi connectivity index (χ1) is 7.72. The van der Waals surface area contributed by atoms with Crippen molar-refractivity contribution in [2.45, 2.75) is 13.0 Å². The van der Waals surface area contributed by atoms with E-state index in [-0.39, 0.29) is 11.8 Å². The van der Waals surface area contributed by atoms with Crippen LogP contribution in [0, 0.1) is 11.3 Å². The lowest BCUT2D eigenvalue weighted by Gasteiger charge is -2.11. The summed E-state index contributed by atoms with van der Waals surface area (Å²) >= 11 is 0. The largest absolute Gasteiger partial charge is 0.419 e. The van der Waals surface area contributed by atoms with Crippen LogP contribution in [-0.2, 0) is 0 Å². The number of hydrogen-bond acceptors (Lipinski definition) is 3. The predicted molar refractivity (Wildman–Crippen MR) is 57.9 cm³/mol. The minimum Gasteiger partial charge on any atom is -0.416 e. The highest BCUT2D eigenvalue weighted by Crippen LogP contribution is 2.16. The van der Waals surface area contributed by atoms with Crippen LogP contribution in [0.4, 0.5) is 0 Å². The van der Waals surface area contributed by atoms with E-state index < -0.39 is 0 Å². The number of rotatable bonds is 2. The molecule has 0 aliphatic carbocycles. The minimum atomic E-state index is -0.378. The summed E-state index contributed by atoms with van der Waals surface area (Å²) in [6.45, 7) is 1.90. The number of nitriles is 1. The van der Waals surface area contributed by atoms with Gasteiger partial charge < -0.3 is 4.42 Å². The molecule has 0 saturated heterocycles. The normalized spacial score (nSPS) is 12.0. The first kappa shape index (κ1) is 10.2. The summed E-state index contributed by atoms with van der Waals surface area (Å²) in [5.74, 6) is -0.378. The Morgan fingerprint density at radius 1 is 1.38 bits per heavy atom. The molecule has 2 rings (SSSR count). The Morgan fingerprint density at radius 3 is 2.56 bits per heavy atom. The van der Waals surface area contributed by atoms with E-state index >= 15 is 0 Å². The third-order valence-electron chi connectivity index (χ3n) is 2.54. The topological polar surface area (TPSA) is 58.9 Å². The van der Waals surface area contributed by atoms with E-state index in [1.807, 2.05) is 19.1 Å². The SMILES string of the molecule is CC(c1ccc(C#N)cc1)n1ccoc1=O. The van der Waals surface area contributed by atoms with Gasteiger partial charge in [0.1, 0.15) is 6.26 Å². The van der Waals surface area contributed by atoms with Crippen molar-refractivity contribution >= 4 is 0 Å². The van der Waals surface area contributed by atoms with Crippen molar-refractivity contribution in [2.24, 2.45) is 0 Å². The van der Waals surface area contributed by atoms with Gasteiger partial charge >= 0.3 is 5.76 Å². The fourth-order valence-corrected chi connectivity index (χ4v) is 1.56. The zero-order valence-corrected chi connectivity index (χ0v) is 8.75. The summed E-state index contributed by atoms with van der Waals surface area (Å²) in [4.78, 5) is 11.3. The smallest absolute Gasteiger partial charge is 0.416 e. The number of benzene rings is 1. The second kappa shape index (κ2) is 4.07. The molecule has 1 aromatic heterocycles. The molecule has 16 heavy (non-hydrogen) atoms. The van der Waals surface area contributed by atoms with Crippen LogP contribution in [0.3, 0.4) is 0 Å². The molecule has 1 heterocycles. The van der Waals surface area contributed by atoms with Crippen LogP contribution in [0.2, 0.25) is 0 Å². The Labute approximate surface area is 92.4 Å². The van der Waals surface area contributed by atoms with Crippen molar-refractivity contribution in [1.29, 1.82) is 5.26 Å². The van der Waals surface area contributed by atoms with E-state index in [0.29, 0.717) is 5.56 Å². The first-order valence-electron chi connectivity index (χ1n) is 4.88. The second-order valence-electron chi connectivity index (χ2n) is 3.49. The van der Waals surface area contributed by atoms with E-state index in [1.165, 1.54) is 10.8 Å². The molecule has 80 valence electrons. The molecule has 4 nitrogen and oxygen atoms in total. The van der Waals surface area contributed by atoms with Gasteiger partial charge in [0.25, 0.3) is 0 Å². The quantitative estimate of drug-likeness (QED) is 0.767. The molecule has 0 aliphatic rings. The third-order valence-corrected chi connectivity index (χ3v) is 2.54. The maximum atomic E-state index is 11.3. The van der Waals surface area contributed by atoms with Gasteiger partial charge in [-0.05, 0) is 24.6 Å². The average Bonchev–Trinajstić information content (AvgIpc) is 2.75. The zero-order chi connectivity index (χ0) is 11.5. The summed E-state index contributed by atoms with van der Waals surface area (Å²) in [6, 6.07) is 9.09. The standard InChI is InChI=1S/C12H10N2O2/c1-9(14-6-7-16-12(14)15)11-4-2-10(8-13)3-5-11/h2-7,9H,1H3. The molecule has 1 aromatic carbocycles. The maximum Gasteiger partial charge on any atom is 0.419 e. The monoisotopic (exact) mass is 214 g/mol. The van der Waals surface area contributed by atoms with Crippen LogP contribution in [0.15, 0.2) is 45.9 Å². The van der Waals surface area contributed by atoms with E-state index in [4.69, 9.17) is 9.68 Å². The Hall–Kier alpha value is -2.28. The van der Waals surface area contributed by atoms with Gasteiger partial charge in [0, 0.05) is 6.20 Å². The molecule has 1 unspecified atom stereocenters. The molecular formula is C12H10N2O2. The van der Waals surface area contributed by atoms with Gasteiger partial charge in [-0.2, -0.15) is 5.26 Å². The zero-order valence-electron chi connectivity index (χ0n) is 8.75. The summed E-state index contributed by atoms with van der Waals surface area (Å²) in [5, 5.41) is 8.67. The van der Waals surface area contributed by atoms with E-state index in [0.717, 1.165) is 5.56 Å². The van der Waals surface area contributed by atoms with Crippen molar-refractivity contribution in [3.63, 3.8) is 0 Å². The lowest BCUT2D eigenvalue weighted by Crippen LogP contribution is -2.18. The number of aromatic nitrogens is 1. The van der Waals surface area contributed by atoms with E-state index in [1.54, 1.807) is 18.3 Å². The van der Waals surface area contributed by atoms with Crippen molar-refractivity contribution in [3.8, 4) is 6.07 Å². The van der Waals surface area contributed by atoms with Crippen molar-refractivity contribution in [3.05, 3.63) is 58.4 Å². The predicted octanol–water partition coefficient (Wildman–Crippen LogP) is 1.92. The fourth-order valence-electron chi connectivity index (χ4n) is 1.56. The van der Waals surface area contributed by atoms with Crippen LogP contribution >= 0.6 is 0 Å². The van der Waals surface area contributed by atoms with Crippen molar-refractivity contribution in [2.75, 3.05) is 0 Å². The van der Waals surface area contributed by atoms with E-state index in [2.05, 4.69) is 6.07 Å². The molecule has 0 spiro atoms. The van der Waals surface area contributed by atoms with Crippen LogP contribution in [0.1, 0.15) is 24.1 Å². The van der Waals surface area contributed by atoms with Crippen LogP contribution in [0.5, 0.6) is 0 Å². The molecule has 0 N–H and O–H groups in total. The van der Waals surface area contributed by atoms with Crippen molar-refractivity contribution < 1.29 is 4.42 Å². The Kier molecular flexibility index (Phi) is 2.61. The van der Waals surface area contributed by atoms with Crippen LogP contribution in [0.25, 0.3) is 0 Å². The minimum absolute atomic E-state index is 0.0982. The lowest BCUT2D eigenvalue weighted by molar-refractivity contribution is 0.465. The summed E-state index contributed by atoms with van der Waals surface area (Å²) in [5.41, 5.74) is 1.57. The molecule has 0 radical (unpaired) electrons. The average molecular weight is 214 g/mol. The Bertz CT molecular complexity index is 572. The maximum absolute atomic E-state index is 11.3. The molecular weight excluding hydrogens is 204 g/mol. The highest BCUT2D eigenvalue weighted by atomic mass is 16.4. The van der Waals surface area contributed by atoms with Gasteiger partial charge in [-0.25, -0.2) is 4.79 Å². The van der Waals surface area contributed by atoms with Gasteiger partial charge in [0.2, 0.25) is 0 Å². The Morgan fingerprint density at radius 2 is 2.06 bits per heavy atom. The summed E-state index contributed by atoms with van der Waals surface area (Å²) < 4.78 is 6.21. The van der Waals surface area contributed by atoms with E-state index in [9.17, 15) is 4.79 Å². The molecule has 0 saturated carbocycles. The third kappa shape index (κ3) is 1.75. The molecule has 0 bridgehead atoms. The highest BCUT2D eigenvalue weighted by Gasteiger charge is 2.10. The molecule has 1 atom stereocenters. The van der Waals surface area contributed by atoms with Gasteiger partial charge in [0.15, 0.2) is 0 Å². The van der Waals surface area contributed by atoms with Gasteiger partial charge in [0.05, 0.1) is 17.7 Å². The Balaban J connectivity index is 2.35. The molecule has 0 amide bonds. The van der Waals surface area contributed by atoms with Crippen LogP contribution in [-0.4, -0.2) is 4.57 Å². The molecule has 2 aromatic rings. The highest BCUT2D eigenvalue weighted by molar-refractivity contribution is 5.32. The van der Waals surface area contributed by atoms with Gasteiger partial charge in [-0.1, -0.05) is 12.1 Å². The summed E-state index contributed by atoms with van der Waals surface area (Å²) in [7, 11) is 0. The van der Waals surface area contributed by atoms with Gasteiger partial charge in [-0.15, -0.1) is 0 Å². The number of oxazole rings is 1. The van der Waals surface area contributed by atoms with Crippen LogP contribution < -0.4 is 5.76 Å².